The van der Waals surface area contributed by atoms with Crippen LogP contribution in [0.4, 0.5) is 0 Å². The van der Waals surface area contributed by atoms with E-state index < -0.39 is 0 Å². The zero-order valence-electron chi connectivity index (χ0n) is 8.41. The van der Waals surface area contributed by atoms with Gasteiger partial charge < -0.3 is 0 Å². The minimum absolute atomic E-state index is 0. The van der Waals surface area contributed by atoms with E-state index in [2.05, 4.69) is 15.7 Å². The number of hydrogen-bond donors (Lipinski definition) is 2. The smallest absolute Gasteiger partial charge is 0.157 e. The molecule has 0 spiro atoms. The van der Waals surface area contributed by atoms with Gasteiger partial charge in [0, 0.05) is 6.42 Å². The zero-order valence-corrected chi connectivity index (χ0v) is 10.0. The predicted octanol–water partition coefficient (Wildman–Crippen LogP) is 1.13. The number of hydrogen-bond acceptors (Lipinski definition) is 4. The molecule has 5 nitrogen and oxygen atoms in total. The number of halogens is 2. The maximum Gasteiger partial charge on any atom is 0.157 e. The van der Waals surface area contributed by atoms with Gasteiger partial charge in [0.1, 0.15) is 6.33 Å². The molecule has 0 amide bonds. The van der Waals surface area contributed by atoms with Crippen molar-refractivity contribution in [3.8, 4) is 0 Å². The van der Waals surface area contributed by atoms with Gasteiger partial charge >= 0.3 is 0 Å². The fraction of sp³-hybridized carbons (Fsp3) is 0.111. The molecule has 88 valence electrons. The van der Waals surface area contributed by atoms with Crippen molar-refractivity contribution < 1.29 is 0 Å². The lowest BCUT2D eigenvalue weighted by Crippen LogP contribution is -2.23. The third kappa shape index (κ3) is 3.37. The summed E-state index contributed by atoms with van der Waals surface area (Å²) in [6, 6.07) is 10.0. The van der Waals surface area contributed by atoms with E-state index in [1.54, 1.807) is 4.68 Å². The highest BCUT2D eigenvalue weighted by molar-refractivity contribution is 5.85. The Balaban J connectivity index is 0.00000112. The Kier molecular flexibility index (Phi) is 6.48. The van der Waals surface area contributed by atoms with Gasteiger partial charge in [0.2, 0.25) is 0 Å². The maximum absolute atomic E-state index is 5.28. The third-order valence-corrected chi connectivity index (χ3v) is 1.96. The summed E-state index contributed by atoms with van der Waals surface area (Å²) >= 11 is 0. The van der Waals surface area contributed by atoms with E-state index in [1.807, 2.05) is 30.3 Å². The van der Waals surface area contributed by atoms with Gasteiger partial charge in [-0.15, -0.1) is 35.0 Å². The van der Waals surface area contributed by atoms with E-state index in [0.29, 0.717) is 6.42 Å². The Labute approximate surface area is 106 Å². The van der Waals surface area contributed by atoms with Crippen LogP contribution in [0.1, 0.15) is 11.4 Å². The molecule has 0 saturated carbocycles. The molecule has 0 radical (unpaired) electrons. The minimum Gasteiger partial charge on any atom is -0.259 e. The van der Waals surface area contributed by atoms with Crippen LogP contribution in [0.5, 0.6) is 0 Å². The van der Waals surface area contributed by atoms with Crippen molar-refractivity contribution in [2.24, 2.45) is 5.84 Å². The highest BCUT2D eigenvalue weighted by atomic mass is 35.5. The molecule has 0 aliphatic carbocycles. The summed E-state index contributed by atoms with van der Waals surface area (Å²) in [5, 5.41) is 7.71. The Morgan fingerprint density at radius 3 is 2.50 bits per heavy atom. The molecule has 0 fully saturated rings. The molecule has 3 N–H and O–H groups in total. The van der Waals surface area contributed by atoms with Crippen molar-refractivity contribution in [1.29, 1.82) is 0 Å². The number of nitrogen functional groups attached to an aromatic ring is 1. The van der Waals surface area contributed by atoms with Crippen molar-refractivity contribution in [2.45, 2.75) is 6.42 Å². The number of aromatic nitrogens is 3. The monoisotopic (exact) mass is 261 g/mol. The normalized spacial score (nSPS) is 8.81. The van der Waals surface area contributed by atoms with E-state index in [9.17, 15) is 0 Å². The molecule has 0 aliphatic heterocycles. The van der Waals surface area contributed by atoms with Crippen LogP contribution < -0.4 is 11.4 Å². The fourth-order valence-electron chi connectivity index (χ4n) is 1.27. The van der Waals surface area contributed by atoms with Gasteiger partial charge in [-0.25, -0.2) is 10.5 Å². The predicted molar refractivity (Wildman–Crippen MR) is 67.3 cm³/mol. The summed E-state index contributed by atoms with van der Waals surface area (Å²) in [6.07, 6.45) is 2.25. The van der Waals surface area contributed by atoms with Crippen LogP contribution in [0.2, 0.25) is 0 Å². The van der Waals surface area contributed by atoms with Crippen LogP contribution >= 0.6 is 24.8 Å². The van der Waals surface area contributed by atoms with Gasteiger partial charge in [-0.1, -0.05) is 30.3 Å². The van der Waals surface area contributed by atoms with Crippen molar-refractivity contribution in [2.75, 3.05) is 5.53 Å². The molecular formula is C9H13Cl2N5. The second-order valence-electron chi connectivity index (χ2n) is 2.91. The first kappa shape index (κ1) is 14.7. The lowest BCUT2D eigenvalue weighted by atomic mass is 10.1. The summed E-state index contributed by atoms with van der Waals surface area (Å²) in [6.45, 7) is 0. The number of rotatable bonds is 3. The maximum atomic E-state index is 5.28. The first-order valence-corrected chi connectivity index (χ1v) is 4.29. The van der Waals surface area contributed by atoms with Crippen LogP contribution in [0.15, 0.2) is 36.7 Å². The van der Waals surface area contributed by atoms with Crippen LogP contribution in [-0.4, -0.2) is 14.9 Å². The molecule has 1 aromatic heterocycles. The number of benzene rings is 1. The lowest BCUT2D eigenvalue weighted by Gasteiger charge is -2.03. The Bertz CT molecular complexity index is 403. The Morgan fingerprint density at radius 2 is 1.88 bits per heavy atom. The largest absolute Gasteiger partial charge is 0.259 e. The summed E-state index contributed by atoms with van der Waals surface area (Å²) in [7, 11) is 0. The molecule has 1 aromatic carbocycles. The van der Waals surface area contributed by atoms with Crippen molar-refractivity contribution >= 4 is 24.8 Å². The summed E-state index contributed by atoms with van der Waals surface area (Å²) in [4.78, 5) is 0. The summed E-state index contributed by atoms with van der Waals surface area (Å²) < 4.78 is 1.59. The molecule has 7 heteroatoms. The van der Waals surface area contributed by atoms with Crippen LogP contribution in [-0.2, 0) is 6.42 Å². The molecule has 0 aliphatic rings. The van der Waals surface area contributed by atoms with E-state index in [-0.39, 0.29) is 24.8 Å². The average molecular weight is 262 g/mol. The van der Waals surface area contributed by atoms with Gasteiger partial charge in [-0.2, -0.15) is 0 Å². The fourth-order valence-corrected chi connectivity index (χ4v) is 1.27. The molecule has 2 aromatic rings. The first-order chi connectivity index (χ1) is 6.90. The van der Waals surface area contributed by atoms with Crippen LogP contribution in [0.25, 0.3) is 0 Å². The van der Waals surface area contributed by atoms with Gasteiger partial charge in [-0.3, -0.25) is 5.53 Å². The average Bonchev–Trinajstić information content (AvgIpc) is 2.67. The van der Waals surface area contributed by atoms with Crippen LogP contribution in [0, 0.1) is 0 Å². The third-order valence-electron chi connectivity index (χ3n) is 1.96. The van der Waals surface area contributed by atoms with Crippen molar-refractivity contribution in [3.05, 3.63) is 48.0 Å². The molecule has 0 atom stereocenters. The van der Waals surface area contributed by atoms with Gasteiger partial charge in [-0.05, 0) is 5.56 Å². The quantitative estimate of drug-likeness (QED) is 0.642. The van der Waals surface area contributed by atoms with Crippen molar-refractivity contribution in [3.63, 3.8) is 0 Å². The molecule has 0 saturated heterocycles. The topological polar surface area (TPSA) is 68.8 Å². The first-order valence-electron chi connectivity index (χ1n) is 4.29. The zero-order chi connectivity index (χ0) is 9.80. The summed E-state index contributed by atoms with van der Waals surface area (Å²) in [5.41, 5.74) is 3.67. The standard InChI is InChI=1S/C9H11N5.2ClH/c10-13-14-7-11-12-9(14)6-8-4-2-1-3-5-8;;/h1-5,7,13H,6,10H2;2*1H. The van der Waals surface area contributed by atoms with Gasteiger partial charge in [0.05, 0.1) is 0 Å². The molecule has 1 heterocycles. The van der Waals surface area contributed by atoms with E-state index in [0.717, 1.165) is 5.82 Å². The molecule has 0 bridgehead atoms. The Hall–Kier alpha value is -1.30. The molecule has 2 rings (SSSR count). The highest BCUT2D eigenvalue weighted by Gasteiger charge is 2.03. The second kappa shape index (κ2) is 7.05. The number of nitrogens with zero attached hydrogens (tertiary/aromatic N) is 3. The minimum atomic E-state index is 0. The number of hydrazine groups is 1. The van der Waals surface area contributed by atoms with E-state index in [1.165, 1.54) is 11.9 Å². The summed E-state index contributed by atoms with van der Waals surface area (Å²) in [5.74, 6) is 6.07. The van der Waals surface area contributed by atoms with E-state index in [4.69, 9.17) is 5.84 Å². The molecule has 16 heavy (non-hydrogen) atoms. The SMILES string of the molecule is Cl.Cl.NNn1cnnc1Cc1ccccc1. The molecule has 0 unspecified atom stereocenters. The van der Waals surface area contributed by atoms with E-state index >= 15 is 0 Å². The number of nitrogens with one attached hydrogen (secondary N) is 1. The van der Waals surface area contributed by atoms with Crippen molar-refractivity contribution in [1.82, 2.24) is 14.9 Å². The van der Waals surface area contributed by atoms with Crippen LogP contribution in [0.3, 0.4) is 0 Å². The number of nitrogens with two attached hydrogens (primary N) is 1. The highest BCUT2D eigenvalue weighted by Crippen LogP contribution is 2.04. The van der Waals surface area contributed by atoms with Gasteiger partial charge in [0.25, 0.3) is 0 Å². The Morgan fingerprint density at radius 1 is 1.19 bits per heavy atom. The van der Waals surface area contributed by atoms with Gasteiger partial charge in [0.15, 0.2) is 5.82 Å². The second-order valence-corrected chi connectivity index (χ2v) is 2.91. The lowest BCUT2D eigenvalue weighted by molar-refractivity contribution is 0.804. The molecular weight excluding hydrogens is 249 g/mol.